The first-order valence-electron chi connectivity index (χ1n) is 5.31. The molecule has 0 aliphatic heterocycles. The van der Waals surface area contributed by atoms with Gasteiger partial charge < -0.3 is 15.3 Å². The van der Waals surface area contributed by atoms with Crippen molar-refractivity contribution in [3.63, 3.8) is 0 Å². The molecular weight excluding hydrogens is 254 g/mol. The minimum absolute atomic E-state index is 0.106. The summed E-state index contributed by atoms with van der Waals surface area (Å²) in [4.78, 5) is 18.1. The van der Waals surface area contributed by atoms with Gasteiger partial charge in [-0.2, -0.15) is 4.98 Å². The fourth-order valence-electron chi connectivity index (χ4n) is 1.39. The van der Waals surface area contributed by atoms with E-state index in [1.807, 2.05) is 0 Å². The van der Waals surface area contributed by atoms with Crippen molar-refractivity contribution in [3.8, 4) is 0 Å². The van der Waals surface area contributed by atoms with E-state index in [0.717, 1.165) is 0 Å². The number of hydrogen-bond acceptors (Lipinski definition) is 9. The Hall–Kier alpha value is -2.75. The molecule has 0 aromatic carbocycles. The third kappa shape index (κ3) is 3.35. The number of anilines is 2. The van der Waals surface area contributed by atoms with E-state index in [2.05, 4.69) is 30.4 Å². The van der Waals surface area contributed by atoms with Gasteiger partial charge in [-0.25, -0.2) is 10.8 Å². The summed E-state index contributed by atoms with van der Waals surface area (Å²) >= 11 is 0. The van der Waals surface area contributed by atoms with Crippen LogP contribution in [0.3, 0.4) is 0 Å². The van der Waals surface area contributed by atoms with Crippen molar-refractivity contribution < 1.29 is 9.45 Å². The lowest BCUT2D eigenvalue weighted by Crippen LogP contribution is -2.12. The predicted octanol–water partition coefficient (Wildman–Crippen LogP) is 0.313. The van der Waals surface area contributed by atoms with Crippen LogP contribution in [0.1, 0.15) is 5.82 Å². The van der Waals surface area contributed by atoms with Crippen molar-refractivity contribution >= 4 is 17.3 Å². The van der Waals surface area contributed by atoms with Crippen LogP contribution in [0.5, 0.6) is 0 Å². The molecule has 0 fully saturated rings. The number of hydrazine groups is 1. The highest BCUT2D eigenvalue weighted by Crippen LogP contribution is 2.19. The average molecular weight is 265 g/mol. The summed E-state index contributed by atoms with van der Waals surface area (Å²) in [5, 5.41) is 17.3. The van der Waals surface area contributed by atoms with Gasteiger partial charge in [-0.05, 0) is 0 Å². The van der Waals surface area contributed by atoms with Crippen molar-refractivity contribution in [3.05, 3.63) is 34.5 Å². The van der Waals surface area contributed by atoms with Crippen LogP contribution in [0.25, 0.3) is 0 Å². The first-order chi connectivity index (χ1) is 9.19. The smallest absolute Gasteiger partial charge is 0.276 e. The van der Waals surface area contributed by atoms with Gasteiger partial charge >= 0.3 is 0 Å². The topological polar surface area (TPSA) is 145 Å². The molecule has 10 nitrogen and oxygen atoms in total. The SMILES string of the molecule is NNc1cc([N+](=O)[O-])cc(NCCc2ncon2)n1. The second kappa shape index (κ2) is 5.73. The van der Waals surface area contributed by atoms with Crippen LogP contribution in [0.2, 0.25) is 0 Å². The molecule has 0 saturated heterocycles. The monoisotopic (exact) mass is 265 g/mol. The van der Waals surface area contributed by atoms with E-state index in [0.29, 0.717) is 24.6 Å². The van der Waals surface area contributed by atoms with Gasteiger partial charge in [-0.3, -0.25) is 10.1 Å². The summed E-state index contributed by atoms with van der Waals surface area (Å²) in [6, 6.07) is 2.56. The molecule has 0 atom stereocenters. The number of rotatable bonds is 6. The third-order valence-corrected chi connectivity index (χ3v) is 2.23. The van der Waals surface area contributed by atoms with Gasteiger partial charge in [0, 0.05) is 13.0 Å². The van der Waals surface area contributed by atoms with Crippen LogP contribution < -0.4 is 16.6 Å². The molecule has 2 aromatic heterocycles. The summed E-state index contributed by atoms with van der Waals surface area (Å²) in [7, 11) is 0. The maximum Gasteiger partial charge on any atom is 0.276 e. The summed E-state index contributed by atoms with van der Waals surface area (Å²) in [6.45, 7) is 0.456. The van der Waals surface area contributed by atoms with Crippen LogP contribution in [-0.2, 0) is 6.42 Å². The zero-order valence-corrected chi connectivity index (χ0v) is 9.74. The third-order valence-electron chi connectivity index (χ3n) is 2.23. The van der Waals surface area contributed by atoms with Crippen LogP contribution in [0.4, 0.5) is 17.3 Å². The summed E-state index contributed by atoms with van der Waals surface area (Å²) in [5.41, 5.74) is 2.16. The summed E-state index contributed by atoms with van der Waals surface area (Å²) in [5.74, 6) is 6.28. The highest BCUT2D eigenvalue weighted by atomic mass is 16.6. The number of nitrogens with one attached hydrogen (secondary N) is 2. The van der Waals surface area contributed by atoms with Crippen molar-refractivity contribution in [2.75, 3.05) is 17.3 Å². The quantitative estimate of drug-likeness (QED) is 0.381. The minimum atomic E-state index is -0.521. The van der Waals surface area contributed by atoms with Crippen LogP contribution in [-0.4, -0.2) is 26.6 Å². The lowest BCUT2D eigenvalue weighted by molar-refractivity contribution is -0.384. The Morgan fingerprint density at radius 2 is 2.21 bits per heavy atom. The number of nitrogens with zero attached hydrogens (tertiary/aromatic N) is 4. The molecule has 2 heterocycles. The zero-order chi connectivity index (χ0) is 13.7. The molecular formula is C9H11N7O3. The number of nitrogen functional groups attached to an aromatic ring is 1. The average Bonchev–Trinajstić information content (AvgIpc) is 2.91. The molecule has 4 N–H and O–H groups in total. The second-order valence-corrected chi connectivity index (χ2v) is 3.52. The Kier molecular flexibility index (Phi) is 3.83. The van der Waals surface area contributed by atoms with Crippen molar-refractivity contribution in [1.29, 1.82) is 0 Å². The van der Waals surface area contributed by atoms with E-state index >= 15 is 0 Å². The summed E-state index contributed by atoms with van der Waals surface area (Å²) in [6.07, 6.45) is 1.74. The first-order valence-corrected chi connectivity index (χ1v) is 5.31. The fourth-order valence-corrected chi connectivity index (χ4v) is 1.39. The Labute approximate surface area is 107 Å². The van der Waals surface area contributed by atoms with E-state index in [1.165, 1.54) is 18.5 Å². The van der Waals surface area contributed by atoms with Gasteiger partial charge in [0.1, 0.15) is 11.6 Å². The van der Waals surface area contributed by atoms with Crippen LogP contribution >= 0.6 is 0 Å². The first kappa shape index (κ1) is 12.7. The molecule has 0 amide bonds. The van der Waals surface area contributed by atoms with Crippen LogP contribution in [0, 0.1) is 10.1 Å². The Morgan fingerprint density at radius 3 is 2.84 bits per heavy atom. The maximum atomic E-state index is 10.7. The summed E-state index contributed by atoms with van der Waals surface area (Å²) < 4.78 is 4.58. The number of aromatic nitrogens is 3. The fraction of sp³-hybridized carbons (Fsp3) is 0.222. The molecule has 19 heavy (non-hydrogen) atoms. The molecule has 0 radical (unpaired) electrons. The van der Waals surface area contributed by atoms with E-state index in [4.69, 9.17) is 5.84 Å². The van der Waals surface area contributed by atoms with Gasteiger partial charge in [0.15, 0.2) is 5.82 Å². The molecule has 0 spiro atoms. The molecule has 0 bridgehead atoms. The highest BCUT2D eigenvalue weighted by Gasteiger charge is 2.10. The number of hydrogen-bond donors (Lipinski definition) is 3. The molecule has 0 saturated carbocycles. The van der Waals surface area contributed by atoms with E-state index in [1.54, 1.807) is 0 Å². The van der Waals surface area contributed by atoms with Crippen LogP contribution in [0.15, 0.2) is 23.0 Å². The van der Waals surface area contributed by atoms with Gasteiger partial charge in [0.2, 0.25) is 6.39 Å². The Morgan fingerprint density at radius 1 is 1.42 bits per heavy atom. The maximum absolute atomic E-state index is 10.7. The van der Waals surface area contributed by atoms with Gasteiger partial charge in [0.05, 0.1) is 17.1 Å². The molecule has 100 valence electrons. The predicted molar refractivity (Wildman–Crippen MR) is 65.2 cm³/mol. The van der Waals surface area contributed by atoms with Crippen molar-refractivity contribution in [2.45, 2.75) is 6.42 Å². The number of nitro groups is 1. The van der Waals surface area contributed by atoms with Gasteiger partial charge in [0.25, 0.3) is 5.69 Å². The molecule has 2 rings (SSSR count). The van der Waals surface area contributed by atoms with Gasteiger partial charge in [-0.15, -0.1) is 0 Å². The molecule has 2 aromatic rings. The van der Waals surface area contributed by atoms with Crippen molar-refractivity contribution in [1.82, 2.24) is 15.1 Å². The molecule has 0 aliphatic rings. The van der Waals surface area contributed by atoms with Crippen molar-refractivity contribution in [2.24, 2.45) is 5.84 Å². The van der Waals surface area contributed by atoms with E-state index < -0.39 is 4.92 Å². The Bertz CT molecular complexity index is 557. The normalized spacial score (nSPS) is 10.2. The second-order valence-electron chi connectivity index (χ2n) is 3.52. The molecule has 0 unspecified atom stereocenters. The highest BCUT2D eigenvalue weighted by molar-refractivity contribution is 5.54. The standard InChI is InChI=1S/C9H11N7O3/c10-14-9-4-6(16(17)18)3-8(13-9)11-2-1-7-12-5-19-15-7/h3-5H,1-2,10H2,(H2,11,13,14). The van der Waals surface area contributed by atoms with Gasteiger partial charge in [-0.1, -0.05) is 5.16 Å². The van der Waals surface area contributed by atoms with E-state index in [-0.39, 0.29) is 11.5 Å². The Balaban J connectivity index is 2.02. The molecule has 0 aliphatic carbocycles. The van der Waals surface area contributed by atoms with E-state index in [9.17, 15) is 10.1 Å². The lowest BCUT2D eigenvalue weighted by Gasteiger charge is -2.06. The zero-order valence-electron chi connectivity index (χ0n) is 9.74. The largest absolute Gasteiger partial charge is 0.369 e. The minimum Gasteiger partial charge on any atom is -0.369 e. The number of pyridine rings is 1. The lowest BCUT2D eigenvalue weighted by atomic mass is 10.3. The molecule has 10 heteroatoms. The number of nitrogens with two attached hydrogens (primary N) is 1.